The summed E-state index contributed by atoms with van der Waals surface area (Å²) in [7, 11) is 0. The first kappa shape index (κ1) is 18.2. The molecule has 1 saturated heterocycles. The fourth-order valence-corrected chi connectivity index (χ4v) is 3.91. The van der Waals surface area contributed by atoms with Crippen molar-refractivity contribution < 1.29 is 9.90 Å². The third-order valence-electron chi connectivity index (χ3n) is 5.61. The lowest BCUT2D eigenvalue weighted by atomic mass is 10.1. The van der Waals surface area contributed by atoms with Gasteiger partial charge in [-0.15, -0.1) is 0 Å². The van der Waals surface area contributed by atoms with E-state index >= 15 is 0 Å². The van der Waals surface area contributed by atoms with E-state index in [9.17, 15) is 4.79 Å². The van der Waals surface area contributed by atoms with E-state index < -0.39 is 6.09 Å². The van der Waals surface area contributed by atoms with Gasteiger partial charge in [-0.1, -0.05) is 12.1 Å². The third-order valence-corrected chi connectivity index (χ3v) is 5.61. The third kappa shape index (κ3) is 3.24. The highest BCUT2D eigenvalue weighted by atomic mass is 16.4. The second-order valence-corrected chi connectivity index (χ2v) is 7.47. The maximum absolute atomic E-state index is 11.1. The van der Waals surface area contributed by atoms with Gasteiger partial charge in [-0.2, -0.15) is 5.10 Å². The molecule has 1 aliphatic rings. The minimum Gasteiger partial charge on any atom is -0.465 e. The number of imidazole rings is 1. The molecule has 4 heterocycles. The van der Waals surface area contributed by atoms with E-state index in [0.29, 0.717) is 24.7 Å². The Morgan fingerprint density at radius 3 is 2.73 bits per heavy atom. The summed E-state index contributed by atoms with van der Waals surface area (Å²) in [6.07, 6.45) is 6.15. The average molecular weight is 403 g/mol. The number of amides is 1. The minimum absolute atomic E-state index is 0.186. The molecule has 0 atom stereocenters. The van der Waals surface area contributed by atoms with E-state index in [4.69, 9.17) is 10.8 Å². The molecule has 4 N–H and O–H groups in total. The van der Waals surface area contributed by atoms with Crippen molar-refractivity contribution in [3.63, 3.8) is 0 Å². The molecule has 1 amide bonds. The molecule has 9 heteroatoms. The van der Waals surface area contributed by atoms with Crippen molar-refractivity contribution in [1.29, 1.82) is 0 Å². The first-order chi connectivity index (χ1) is 14.6. The van der Waals surface area contributed by atoms with E-state index in [1.54, 1.807) is 12.4 Å². The number of nitrogens with two attached hydrogens (primary N) is 1. The fraction of sp³-hybridized carbons (Fsp3) is 0.238. The number of nitrogens with one attached hydrogen (secondary N) is 1. The number of piperidine rings is 1. The Kier molecular flexibility index (Phi) is 4.35. The fourth-order valence-electron chi connectivity index (χ4n) is 3.91. The van der Waals surface area contributed by atoms with Crippen LogP contribution >= 0.6 is 0 Å². The molecule has 0 bridgehead atoms. The normalized spacial score (nSPS) is 15.0. The van der Waals surface area contributed by atoms with Gasteiger partial charge in [0.2, 0.25) is 0 Å². The number of anilines is 1. The van der Waals surface area contributed by atoms with Crippen LogP contribution in [0.3, 0.4) is 0 Å². The number of rotatable bonds is 3. The van der Waals surface area contributed by atoms with Crippen molar-refractivity contribution in [2.75, 3.05) is 18.8 Å². The Morgan fingerprint density at radius 2 is 1.97 bits per heavy atom. The second kappa shape index (κ2) is 7.18. The summed E-state index contributed by atoms with van der Waals surface area (Å²) in [5.41, 5.74) is 10.5. The lowest BCUT2D eigenvalue weighted by Crippen LogP contribution is -2.38. The van der Waals surface area contributed by atoms with Crippen LogP contribution < -0.4 is 5.73 Å². The predicted molar refractivity (Wildman–Crippen MR) is 113 cm³/mol. The largest absolute Gasteiger partial charge is 0.465 e. The number of carbonyl (C=O) groups is 1. The van der Waals surface area contributed by atoms with Crippen LogP contribution in [0.15, 0.2) is 48.9 Å². The maximum atomic E-state index is 11.1. The van der Waals surface area contributed by atoms with Gasteiger partial charge in [0.1, 0.15) is 11.6 Å². The highest BCUT2D eigenvalue weighted by molar-refractivity contribution is 5.83. The highest BCUT2D eigenvalue weighted by Crippen LogP contribution is 2.30. The van der Waals surface area contributed by atoms with Gasteiger partial charge in [0, 0.05) is 36.6 Å². The summed E-state index contributed by atoms with van der Waals surface area (Å²) in [6.45, 7) is 1.05. The molecule has 30 heavy (non-hydrogen) atoms. The number of pyridine rings is 1. The zero-order chi connectivity index (χ0) is 20.7. The Balaban J connectivity index is 1.42. The summed E-state index contributed by atoms with van der Waals surface area (Å²) in [5, 5.41) is 13.6. The van der Waals surface area contributed by atoms with Crippen molar-refractivity contribution in [2.45, 2.75) is 18.9 Å². The van der Waals surface area contributed by atoms with Crippen molar-refractivity contribution in [3.05, 3.63) is 48.9 Å². The van der Waals surface area contributed by atoms with E-state index in [-0.39, 0.29) is 6.04 Å². The second-order valence-electron chi connectivity index (χ2n) is 7.47. The van der Waals surface area contributed by atoms with Gasteiger partial charge in [-0.25, -0.2) is 14.8 Å². The van der Waals surface area contributed by atoms with Crippen LogP contribution in [0.1, 0.15) is 18.9 Å². The van der Waals surface area contributed by atoms with Gasteiger partial charge in [0.05, 0.1) is 28.8 Å². The van der Waals surface area contributed by atoms with Gasteiger partial charge in [0.25, 0.3) is 0 Å². The summed E-state index contributed by atoms with van der Waals surface area (Å²) < 4.78 is 1.92. The summed E-state index contributed by atoms with van der Waals surface area (Å²) >= 11 is 0. The standard InChI is InChI=1S/C21H21N7O2/c22-19-16(20-25-17-3-1-2-4-18(17)26-20)9-13(10-23-19)14-11-24-28(12-14)15-5-7-27(8-6-15)21(29)30/h1-4,9-12,15H,5-8H2,(H2,22,23)(H,25,26)(H,29,30). The molecule has 1 aromatic carbocycles. The maximum Gasteiger partial charge on any atom is 0.407 e. The number of aromatic nitrogens is 5. The first-order valence-corrected chi connectivity index (χ1v) is 9.81. The molecule has 5 rings (SSSR count). The zero-order valence-electron chi connectivity index (χ0n) is 16.2. The first-order valence-electron chi connectivity index (χ1n) is 9.81. The minimum atomic E-state index is -0.860. The number of hydrogen-bond donors (Lipinski definition) is 3. The number of nitrogens with zero attached hydrogens (tertiary/aromatic N) is 5. The molecule has 0 saturated carbocycles. The molecule has 0 aliphatic carbocycles. The van der Waals surface area contributed by atoms with Crippen molar-refractivity contribution >= 4 is 22.9 Å². The quantitative estimate of drug-likeness (QED) is 0.481. The van der Waals surface area contributed by atoms with Gasteiger partial charge in [0.15, 0.2) is 0 Å². The summed E-state index contributed by atoms with van der Waals surface area (Å²) in [5.74, 6) is 1.09. The lowest BCUT2D eigenvalue weighted by molar-refractivity contribution is 0.124. The van der Waals surface area contributed by atoms with Gasteiger partial charge < -0.3 is 20.7 Å². The van der Waals surface area contributed by atoms with E-state index in [2.05, 4.69) is 20.1 Å². The monoisotopic (exact) mass is 403 g/mol. The molecular weight excluding hydrogens is 382 g/mol. The van der Waals surface area contributed by atoms with Crippen molar-refractivity contribution in [2.24, 2.45) is 0 Å². The molecule has 0 radical (unpaired) electrons. The SMILES string of the molecule is Nc1ncc(-c2cnn(C3CCN(C(=O)O)CC3)c2)cc1-c1nc2ccccc2[nH]1. The topological polar surface area (TPSA) is 126 Å². The Morgan fingerprint density at radius 1 is 1.17 bits per heavy atom. The molecular formula is C21H21N7O2. The number of H-pyrrole nitrogens is 1. The number of hydrogen-bond acceptors (Lipinski definition) is 5. The van der Waals surface area contributed by atoms with Gasteiger partial charge >= 0.3 is 6.09 Å². The van der Waals surface area contributed by atoms with Crippen LogP contribution in [-0.2, 0) is 0 Å². The number of nitrogen functional groups attached to an aromatic ring is 1. The number of aromatic amines is 1. The summed E-state index contributed by atoms with van der Waals surface area (Å²) in [4.78, 5) is 24.8. The molecule has 9 nitrogen and oxygen atoms in total. The smallest absolute Gasteiger partial charge is 0.407 e. The number of para-hydroxylation sites is 2. The van der Waals surface area contributed by atoms with E-state index in [0.717, 1.165) is 40.6 Å². The van der Waals surface area contributed by atoms with Gasteiger partial charge in [-0.3, -0.25) is 4.68 Å². The van der Waals surface area contributed by atoms with Crippen molar-refractivity contribution in [1.82, 2.24) is 29.6 Å². The lowest BCUT2D eigenvalue weighted by Gasteiger charge is -2.30. The van der Waals surface area contributed by atoms with E-state index in [1.165, 1.54) is 4.90 Å². The van der Waals surface area contributed by atoms with Crippen LogP contribution in [-0.4, -0.2) is 53.9 Å². The number of benzene rings is 1. The van der Waals surface area contributed by atoms with E-state index in [1.807, 2.05) is 41.2 Å². The predicted octanol–water partition coefficient (Wildman–Crippen LogP) is 3.39. The van der Waals surface area contributed by atoms with Crippen molar-refractivity contribution in [3.8, 4) is 22.5 Å². The van der Waals surface area contributed by atoms with Crippen LogP contribution in [0.2, 0.25) is 0 Å². The molecule has 0 spiro atoms. The number of likely N-dealkylation sites (tertiary alicyclic amines) is 1. The molecule has 4 aromatic rings. The average Bonchev–Trinajstić information content (AvgIpc) is 3.41. The molecule has 152 valence electrons. The Labute approximate surface area is 172 Å². The molecule has 3 aromatic heterocycles. The Hall–Kier alpha value is -3.88. The van der Waals surface area contributed by atoms with Crippen LogP contribution in [0.25, 0.3) is 33.5 Å². The van der Waals surface area contributed by atoms with Crippen LogP contribution in [0.5, 0.6) is 0 Å². The highest BCUT2D eigenvalue weighted by Gasteiger charge is 2.24. The summed E-state index contributed by atoms with van der Waals surface area (Å²) in [6, 6.07) is 9.97. The van der Waals surface area contributed by atoms with Gasteiger partial charge in [-0.05, 0) is 31.0 Å². The number of carboxylic acid groups (broad SMARTS) is 1. The molecule has 1 fully saturated rings. The molecule has 0 unspecified atom stereocenters. The van der Waals surface area contributed by atoms with Crippen LogP contribution in [0, 0.1) is 0 Å². The zero-order valence-corrected chi connectivity index (χ0v) is 16.2. The Bertz CT molecular complexity index is 1190. The van der Waals surface area contributed by atoms with Crippen LogP contribution in [0.4, 0.5) is 10.6 Å². The molecule has 1 aliphatic heterocycles. The number of fused-ring (bicyclic) bond motifs is 1.